The van der Waals surface area contributed by atoms with Gasteiger partial charge in [-0.3, -0.25) is 0 Å². The molecule has 0 bridgehead atoms. The van der Waals surface area contributed by atoms with Gasteiger partial charge in [0.05, 0.1) is 0 Å². The number of halogens is 3. The van der Waals surface area contributed by atoms with Crippen LogP contribution in [0.25, 0.3) is 0 Å². The average Bonchev–Trinajstić information content (AvgIpc) is 1.99. The molecule has 1 atom stereocenters. The highest BCUT2D eigenvalue weighted by Gasteiger charge is 2.38. The van der Waals surface area contributed by atoms with Gasteiger partial charge in [-0.15, -0.1) is 0 Å². The number of hydrogen-bond donors (Lipinski definition) is 1. The molecule has 0 aliphatic heterocycles. The minimum absolute atomic E-state index is 0.136. The summed E-state index contributed by atoms with van der Waals surface area (Å²) in [7, 11) is 0. The Morgan fingerprint density at radius 3 is 2.33 bits per heavy atom. The quantitative estimate of drug-likeness (QED) is 0.776. The lowest BCUT2D eigenvalue weighted by Gasteiger charge is -2.18. The van der Waals surface area contributed by atoms with Crippen molar-refractivity contribution in [2.75, 3.05) is 5.73 Å². The molecule has 0 spiro atoms. The molecule has 2 nitrogen and oxygen atoms in total. The molecule has 0 amide bonds. The maximum absolute atomic E-state index is 12.2. The summed E-state index contributed by atoms with van der Waals surface area (Å²) in [5, 5.41) is 0. The summed E-state index contributed by atoms with van der Waals surface area (Å²) in [5.41, 5.74) is 6.63. The normalized spacial score (nSPS) is 13.7. The molecule has 1 aromatic carbocycles. The second kappa shape index (κ2) is 4.00. The Morgan fingerprint density at radius 1 is 1.27 bits per heavy atom. The number of anilines is 1. The molecule has 15 heavy (non-hydrogen) atoms. The monoisotopic (exact) mass is 219 g/mol. The van der Waals surface area contributed by atoms with E-state index in [0.29, 0.717) is 5.69 Å². The van der Waals surface area contributed by atoms with E-state index in [9.17, 15) is 13.2 Å². The van der Waals surface area contributed by atoms with Crippen molar-refractivity contribution in [3.05, 3.63) is 23.8 Å². The van der Waals surface area contributed by atoms with Crippen LogP contribution in [0.4, 0.5) is 18.9 Å². The Hall–Kier alpha value is -1.39. The Morgan fingerprint density at radius 2 is 1.87 bits per heavy atom. The van der Waals surface area contributed by atoms with E-state index in [1.54, 1.807) is 13.0 Å². The summed E-state index contributed by atoms with van der Waals surface area (Å²) >= 11 is 0. The molecule has 0 aliphatic rings. The fraction of sp³-hybridized carbons (Fsp3) is 0.400. The van der Waals surface area contributed by atoms with Crippen molar-refractivity contribution in [1.29, 1.82) is 0 Å². The van der Waals surface area contributed by atoms with Gasteiger partial charge < -0.3 is 10.5 Å². The van der Waals surface area contributed by atoms with Crippen LogP contribution in [-0.2, 0) is 0 Å². The van der Waals surface area contributed by atoms with Crippen molar-refractivity contribution < 1.29 is 17.9 Å². The first-order chi connectivity index (χ1) is 6.79. The molecule has 2 N–H and O–H groups in total. The largest absolute Gasteiger partial charge is 0.481 e. The van der Waals surface area contributed by atoms with Crippen molar-refractivity contribution in [2.24, 2.45) is 0 Å². The number of nitrogens with two attached hydrogens (primary N) is 1. The van der Waals surface area contributed by atoms with Crippen molar-refractivity contribution >= 4 is 5.69 Å². The third kappa shape index (κ3) is 3.34. The van der Waals surface area contributed by atoms with E-state index in [0.717, 1.165) is 12.5 Å². The minimum Gasteiger partial charge on any atom is -0.481 e. The molecular formula is C10H12F3NO. The van der Waals surface area contributed by atoms with E-state index in [4.69, 9.17) is 10.5 Å². The van der Waals surface area contributed by atoms with Gasteiger partial charge in [0, 0.05) is 11.8 Å². The Bertz CT molecular complexity index is 329. The molecular weight excluding hydrogens is 207 g/mol. The summed E-state index contributed by atoms with van der Waals surface area (Å²) in [4.78, 5) is 0. The van der Waals surface area contributed by atoms with E-state index < -0.39 is 12.3 Å². The van der Waals surface area contributed by atoms with Crippen LogP contribution in [0.3, 0.4) is 0 Å². The highest BCUT2D eigenvalue weighted by Crippen LogP contribution is 2.26. The fourth-order valence-corrected chi connectivity index (χ4v) is 1.12. The van der Waals surface area contributed by atoms with E-state index in [1.807, 2.05) is 0 Å². The summed E-state index contributed by atoms with van der Waals surface area (Å²) < 4.78 is 41.3. The molecule has 0 saturated carbocycles. The standard InChI is InChI=1S/C10H12F3NO/c1-6-3-8(14)5-9(4-6)15-7(2)10(11,12)13/h3-5,7H,14H2,1-2H3. The summed E-state index contributed by atoms with van der Waals surface area (Å²) in [6.45, 7) is 2.69. The van der Waals surface area contributed by atoms with Crippen LogP contribution in [0, 0.1) is 6.92 Å². The molecule has 84 valence electrons. The summed E-state index contributed by atoms with van der Waals surface area (Å²) in [5.74, 6) is 0.136. The van der Waals surface area contributed by atoms with Gasteiger partial charge in [-0.25, -0.2) is 0 Å². The summed E-state index contributed by atoms with van der Waals surface area (Å²) in [6.07, 6.45) is -6.20. The SMILES string of the molecule is Cc1cc(N)cc(OC(C)C(F)(F)F)c1. The van der Waals surface area contributed by atoms with Crippen molar-refractivity contribution in [2.45, 2.75) is 26.1 Å². The molecule has 1 rings (SSSR count). The van der Waals surface area contributed by atoms with Crippen LogP contribution in [0.15, 0.2) is 18.2 Å². The number of ether oxygens (including phenoxy) is 1. The van der Waals surface area contributed by atoms with Crippen molar-refractivity contribution in [1.82, 2.24) is 0 Å². The van der Waals surface area contributed by atoms with E-state index in [2.05, 4.69) is 0 Å². The number of rotatable bonds is 2. The third-order valence-electron chi connectivity index (χ3n) is 1.85. The van der Waals surface area contributed by atoms with Gasteiger partial charge >= 0.3 is 6.18 Å². The van der Waals surface area contributed by atoms with E-state index >= 15 is 0 Å². The predicted molar refractivity (Wildman–Crippen MR) is 51.7 cm³/mol. The number of benzene rings is 1. The van der Waals surface area contributed by atoms with Crippen LogP contribution in [0.2, 0.25) is 0 Å². The van der Waals surface area contributed by atoms with Crippen molar-refractivity contribution in [3.8, 4) is 5.75 Å². The second-order valence-corrected chi connectivity index (χ2v) is 3.38. The van der Waals surface area contributed by atoms with Gasteiger partial charge in [0.25, 0.3) is 0 Å². The lowest BCUT2D eigenvalue weighted by Crippen LogP contribution is -2.31. The molecule has 0 aromatic heterocycles. The van der Waals surface area contributed by atoms with Crippen LogP contribution in [0.1, 0.15) is 12.5 Å². The van der Waals surface area contributed by atoms with Gasteiger partial charge in [-0.2, -0.15) is 13.2 Å². The topological polar surface area (TPSA) is 35.2 Å². The van der Waals surface area contributed by atoms with Gasteiger partial charge in [0.1, 0.15) is 5.75 Å². The zero-order valence-electron chi connectivity index (χ0n) is 8.43. The molecule has 1 unspecified atom stereocenters. The average molecular weight is 219 g/mol. The van der Waals surface area contributed by atoms with Crippen LogP contribution >= 0.6 is 0 Å². The van der Waals surface area contributed by atoms with E-state index in [1.165, 1.54) is 12.1 Å². The van der Waals surface area contributed by atoms with Crippen LogP contribution in [-0.4, -0.2) is 12.3 Å². The number of nitrogen functional groups attached to an aromatic ring is 1. The zero-order valence-corrected chi connectivity index (χ0v) is 8.43. The molecule has 5 heteroatoms. The van der Waals surface area contributed by atoms with E-state index in [-0.39, 0.29) is 5.75 Å². The van der Waals surface area contributed by atoms with Crippen LogP contribution < -0.4 is 10.5 Å². The Balaban J connectivity index is 2.81. The Kier molecular flexibility index (Phi) is 3.12. The smallest absolute Gasteiger partial charge is 0.425 e. The lowest BCUT2D eigenvalue weighted by atomic mass is 10.2. The third-order valence-corrected chi connectivity index (χ3v) is 1.85. The molecule has 0 saturated heterocycles. The highest BCUT2D eigenvalue weighted by molar-refractivity contribution is 5.47. The fourth-order valence-electron chi connectivity index (χ4n) is 1.12. The van der Waals surface area contributed by atoms with Gasteiger partial charge in [0.2, 0.25) is 0 Å². The van der Waals surface area contributed by atoms with Crippen LogP contribution in [0.5, 0.6) is 5.75 Å². The second-order valence-electron chi connectivity index (χ2n) is 3.38. The van der Waals surface area contributed by atoms with Crippen molar-refractivity contribution in [3.63, 3.8) is 0 Å². The molecule has 0 radical (unpaired) electrons. The number of alkyl halides is 3. The van der Waals surface area contributed by atoms with Gasteiger partial charge in [-0.1, -0.05) is 0 Å². The predicted octanol–water partition coefficient (Wildman–Crippen LogP) is 2.91. The van der Waals surface area contributed by atoms with Gasteiger partial charge in [-0.05, 0) is 31.5 Å². The molecule has 1 aromatic rings. The zero-order chi connectivity index (χ0) is 11.6. The maximum Gasteiger partial charge on any atom is 0.425 e. The molecule has 0 fully saturated rings. The first-order valence-corrected chi connectivity index (χ1v) is 4.39. The minimum atomic E-state index is -4.36. The first-order valence-electron chi connectivity index (χ1n) is 4.39. The maximum atomic E-state index is 12.2. The highest BCUT2D eigenvalue weighted by atomic mass is 19.4. The Labute approximate surface area is 85.8 Å². The number of aryl methyl sites for hydroxylation is 1. The summed E-state index contributed by atoms with van der Waals surface area (Å²) in [6, 6.07) is 4.54. The lowest BCUT2D eigenvalue weighted by molar-refractivity contribution is -0.189. The van der Waals surface area contributed by atoms with Gasteiger partial charge in [0.15, 0.2) is 6.10 Å². The molecule has 0 aliphatic carbocycles. The molecule has 0 heterocycles. The first kappa shape index (κ1) is 11.7. The number of hydrogen-bond acceptors (Lipinski definition) is 2.